The average Bonchev–Trinajstić information content (AvgIpc) is 3.71. The predicted molar refractivity (Wildman–Crippen MR) is 162 cm³/mol. The molecule has 5 heterocycles. The molecule has 218 valence electrons. The van der Waals surface area contributed by atoms with E-state index in [0.29, 0.717) is 43.0 Å². The van der Waals surface area contributed by atoms with Crippen LogP contribution < -0.4 is 9.64 Å². The number of anilines is 1. The highest BCUT2D eigenvalue weighted by Gasteiger charge is 2.49. The van der Waals surface area contributed by atoms with Crippen LogP contribution >= 0.6 is 11.6 Å². The summed E-state index contributed by atoms with van der Waals surface area (Å²) in [7, 11) is 2.09. The van der Waals surface area contributed by atoms with Gasteiger partial charge in [0.25, 0.3) is 0 Å². The van der Waals surface area contributed by atoms with Crippen molar-refractivity contribution in [3.63, 3.8) is 0 Å². The molecule has 1 atom stereocenters. The van der Waals surface area contributed by atoms with Gasteiger partial charge in [0.2, 0.25) is 5.91 Å². The van der Waals surface area contributed by atoms with Gasteiger partial charge in [-0.05, 0) is 63.6 Å². The standard InChI is InChI=1S/C31H33ClFN7O2/c1-4-24(41)40-16-31(17-40)9-11-39(15-31)29-20-12-22(32)26(25-18(2)7-8-23-21(25)13-34-37-23)27(33)28(20)35-30(36-29)42-14-19-6-5-10-38(19)3/h4,7-8,12-13,19H,1,5-6,9-11,14-17H2,2-3H3,(H,34,37)/t19-/m0/s1. The Bertz CT molecular complexity index is 1730. The lowest BCUT2D eigenvalue weighted by atomic mass is 9.79. The molecule has 0 saturated carbocycles. The number of ether oxygens (including phenoxy) is 1. The Labute approximate surface area is 248 Å². The van der Waals surface area contributed by atoms with Crippen molar-refractivity contribution in [2.45, 2.75) is 32.2 Å². The van der Waals surface area contributed by atoms with Gasteiger partial charge in [-0.2, -0.15) is 15.1 Å². The van der Waals surface area contributed by atoms with Crippen LogP contribution in [0.2, 0.25) is 5.02 Å². The number of benzene rings is 2. The Morgan fingerprint density at radius 2 is 2.07 bits per heavy atom. The number of carbonyl (C=O) groups excluding carboxylic acids is 1. The van der Waals surface area contributed by atoms with Crippen molar-refractivity contribution < 1.29 is 13.9 Å². The minimum atomic E-state index is -0.513. The van der Waals surface area contributed by atoms with Gasteiger partial charge in [0.1, 0.15) is 17.9 Å². The maximum Gasteiger partial charge on any atom is 0.319 e. The first kappa shape index (κ1) is 27.1. The summed E-state index contributed by atoms with van der Waals surface area (Å²) in [4.78, 5) is 27.8. The van der Waals surface area contributed by atoms with Crippen molar-refractivity contribution in [3.8, 4) is 17.1 Å². The van der Waals surface area contributed by atoms with Crippen LogP contribution in [-0.4, -0.2) is 88.3 Å². The number of carbonyl (C=O) groups is 1. The van der Waals surface area contributed by atoms with Gasteiger partial charge in [0.05, 0.1) is 16.7 Å². The van der Waals surface area contributed by atoms with E-state index in [-0.39, 0.29) is 39.5 Å². The second-order valence-corrected chi connectivity index (χ2v) is 12.4. The summed E-state index contributed by atoms with van der Waals surface area (Å²) in [6.45, 7) is 9.75. The summed E-state index contributed by atoms with van der Waals surface area (Å²) in [5.74, 6) is 0.0373. The number of hydrogen-bond donors (Lipinski definition) is 1. The Morgan fingerprint density at radius 1 is 1.24 bits per heavy atom. The zero-order valence-electron chi connectivity index (χ0n) is 23.8. The van der Waals surface area contributed by atoms with E-state index in [1.54, 1.807) is 12.3 Å². The number of likely N-dealkylation sites (N-methyl/N-ethyl adjacent to an activating group) is 1. The molecule has 0 aliphatic carbocycles. The molecule has 1 N–H and O–H groups in total. The van der Waals surface area contributed by atoms with Crippen LogP contribution in [0.3, 0.4) is 0 Å². The van der Waals surface area contributed by atoms with Gasteiger partial charge in [0.15, 0.2) is 5.82 Å². The number of aromatic nitrogens is 4. The molecule has 42 heavy (non-hydrogen) atoms. The molecular weight excluding hydrogens is 557 g/mol. The first-order valence-corrected chi connectivity index (χ1v) is 14.8. The van der Waals surface area contributed by atoms with Crippen LogP contribution in [0.5, 0.6) is 6.01 Å². The van der Waals surface area contributed by atoms with Crippen LogP contribution in [0.25, 0.3) is 32.9 Å². The van der Waals surface area contributed by atoms with Gasteiger partial charge in [-0.1, -0.05) is 24.2 Å². The lowest BCUT2D eigenvalue weighted by molar-refractivity contribution is -0.136. The third kappa shape index (κ3) is 4.39. The van der Waals surface area contributed by atoms with Gasteiger partial charge in [0, 0.05) is 59.5 Å². The van der Waals surface area contributed by atoms with E-state index in [1.807, 2.05) is 24.0 Å². The van der Waals surface area contributed by atoms with E-state index in [4.69, 9.17) is 21.3 Å². The van der Waals surface area contributed by atoms with Gasteiger partial charge in [-0.3, -0.25) is 9.89 Å². The molecule has 9 nitrogen and oxygen atoms in total. The summed E-state index contributed by atoms with van der Waals surface area (Å²) in [5, 5.41) is 8.75. The van der Waals surface area contributed by atoms with Crippen molar-refractivity contribution in [1.82, 2.24) is 30.0 Å². The SMILES string of the molecule is C=CC(=O)N1CC2(CCN(c3nc(OC[C@@H]4CCCN4C)nc4c(F)c(-c5c(C)ccc6[nH]ncc56)c(Cl)cc34)C2)C1. The highest BCUT2D eigenvalue weighted by molar-refractivity contribution is 6.35. The van der Waals surface area contributed by atoms with E-state index in [1.165, 1.54) is 6.08 Å². The smallest absolute Gasteiger partial charge is 0.319 e. The van der Waals surface area contributed by atoms with E-state index in [0.717, 1.165) is 48.8 Å². The predicted octanol–water partition coefficient (Wildman–Crippen LogP) is 4.97. The van der Waals surface area contributed by atoms with Crippen molar-refractivity contribution in [2.24, 2.45) is 5.41 Å². The zero-order valence-corrected chi connectivity index (χ0v) is 24.5. The monoisotopic (exact) mass is 589 g/mol. The molecule has 3 fully saturated rings. The summed E-state index contributed by atoms with van der Waals surface area (Å²) in [6, 6.07) is 6.04. The van der Waals surface area contributed by atoms with Gasteiger partial charge >= 0.3 is 6.01 Å². The van der Waals surface area contributed by atoms with Crippen LogP contribution in [0.1, 0.15) is 24.8 Å². The molecule has 11 heteroatoms. The number of amides is 1. The summed E-state index contributed by atoms with van der Waals surface area (Å²) in [6.07, 6.45) is 6.10. The molecule has 3 saturated heterocycles. The van der Waals surface area contributed by atoms with Gasteiger partial charge in [-0.15, -0.1) is 0 Å². The van der Waals surface area contributed by atoms with Crippen molar-refractivity contribution in [2.75, 3.05) is 51.3 Å². The largest absolute Gasteiger partial charge is 0.462 e. The number of nitrogens with one attached hydrogen (secondary N) is 1. The third-order valence-corrected chi connectivity index (χ3v) is 9.58. The van der Waals surface area contributed by atoms with Crippen molar-refractivity contribution >= 4 is 45.1 Å². The number of rotatable bonds is 6. The number of hydrogen-bond acceptors (Lipinski definition) is 7. The molecule has 3 aliphatic heterocycles. The summed E-state index contributed by atoms with van der Waals surface area (Å²) in [5.41, 5.74) is 2.79. The molecule has 7 rings (SSSR count). The van der Waals surface area contributed by atoms with E-state index in [2.05, 4.69) is 38.6 Å². The molecule has 3 aliphatic rings. The summed E-state index contributed by atoms with van der Waals surface area (Å²) < 4.78 is 22.9. The Morgan fingerprint density at radius 3 is 2.83 bits per heavy atom. The molecule has 0 unspecified atom stereocenters. The molecule has 1 amide bonds. The minimum Gasteiger partial charge on any atom is -0.462 e. The lowest BCUT2D eigenvalue weighted by Gasteiger charge is -2.47. The normalized spacial score (nSPS) is 20.1. The molecule has 0 bridgehead atoms. The quantitative estimate of drug-likeness (QED) is 0.318. The minimum absolute atomic E-state index is 0.0279. The molecule has 4 aromatic rings. The van der Waals surface area contributed by atoms with Crippen LogP contribution in [0.4, 0.5) is 10.2 Å². The van der Waals surface area contributed by atoms with Crippen LogP contribution in [-0.2, 0) is 4.79 Å². The number of H-pyrrole nitrogens is 1. The molecular formula is C31H33ClFN7O2. The number of fused-ring (bicyclic) bond motifs is 2. The van der Waals surface area contributed by atoms with E-state index in [9.17, 15) is 4.79 Å². The average molecular weight is 590 g/mol. The highest BCUT2D eigenvalue weighted by atomic mass is 35.5. The van der Waals surface area contributed by atoms with Crippen LogP contribution in [0.15, 0.2) is 37.1 Å². The first-order chi connectivity index (χ1) is 20.3. The molecule has 2 aromatic carbocycles. The second kappa shape index (κ2) is 10.2. The second-order valence-electron chi connectivity index (χ2n) is 12.0. The molecule has 1 spiro atoms. The zero-order chi connectivity index (χ0) is 29.2. The number of halogens is 2. The van der Waals surface area contributed by atoms with Crippen molar-refractivity contribution in [1.29, 1.82) is 0 Å². The van der Waals surface area contributed by atoms with E-state index < -0.39 is 5.82 Å². The first-order valence-electron chi connectivity index (χ1n) is 14.4. The van der Waals surface area contributed by atoms with Crippen LogP contribution in [0, 0.1) is 18.2 Å². The fourth-order valence-electron chi connectivity index (χ4n) is 6.94. The van der Waals surface area contributed by atoms with E-state index >= 15 is 4.39 Å². The number of nitrogens with zero attached hydrogens (tertiary/aromatic N) is 6. The summed E-state index contributed by atoms with van der Waals surface area (Å²) >= 11 is 6.89. The number of likely N-dealkylation sites (tertiary alicyclic amines) is 2. The fraction of sp³-hybridized carbons (Fsp3) is 0.419. The maximum absolute atomic E-state index is 16.7. The topological polar surface area (TPSA) is 90.5 Å². The Kier molecular flexibility index (Phi) is 6.58. The number of aromatic amines is 1. The molecule has 2 aromatic heterocycles. The highest BCUT2D eigenvalue weighted by Crippen LogP contribution is 2.45. The van der Waals surface area contributed by atoms with Gasteiger partial charge < -0.3 is 19.4 Å². The fourth-order valence-corrected chi connectivity index (χ4v) is 7.22. The number of aryl methyl sites for hydroxylation is 1. The third-order valence-electron chi connectivity index (χ3n) is 9.28. The lowest BCUT2D eigenvalue weighted by Crippen LogP contribution is -2.59. The maximum atomic E-state index is 16.7. The van der Waals surface area contributed by atoms with Crippen molar-refractivity contribution in [3.05, 3.63) is 53.5 Å². The Hall–Kier alpha value is -3.76. The molecule has 0 radical (unpaired) electrons. The van der Waals surface area contributed by atoms with Gasteiger partial charge in [-0.25, -0.2) is 4.39 Å². The Balaban J connectivity index is 1.32.